The number of hydrogen-bond donors (Lipinski definition) is 1. The van der Waals surface area contributed by atoms with E-state index in [1.807, 2.05) is 4.90 Å². The van der Waals surface area contributed by atoms with Crippen molar-refractivity contribution in [2.45, 2.75) is 89.9 Å². The summed E-state index contributed by atoms with van der Waals surface area (Å²) in [5.74, 6) is -1.39. The highest BCUT2D eigenvalue weighted by molar-refractivity contribution is 5.76. The fourth-order valence-corrected chi connectivity index (χ4v) is 6.26. The molecule has 5 rings (SSSR count). The number of pyridine rings is 1. The summed E-state index contributed by atoms with van der Waals surface area (Å²) in [4.78, 5) is 19.3. The molecular weight excluding hydrogens is 483 g/mol. The summed E-state index contributed by atoms with van der Waals surface area (Å²) in [5, 5.41) is 10.2. The van der Waals surface area contributed by atoms with E-state index in [2.05, 4.69) is 26.0 Å². The highest BCUT2D eigenvalue weighted by atomic mass is 19.1. The van der Waals surface area contributed by atoms with Crippen LogP contribution in [0.5, 0.6) is 0 Å². The smallest absolute Gasteiger partial charge is 0.325 e. The van der Waals surface area contributed by atoms with Crippen molar-refractivity contribution in [1.82, 2.24) is 9.88 Å². The maximum absolute atomic E-state index is 14.3. The first-order chi connectivity index (χ1) is 18.3. The number of likely N-dealkylation sites (tertiary alicyclic amines) is 1. The molecule has 38 heavy (non-hydrogen) atoms. The number of unbranched alkanes of at least 4 members (excludes halogenated alkanes) is 1. The van der Waals surface area contributed by atoms with Gasteiger partial charge in [0.05, 0.1) is 18.8 Å². The van der Waals surface area contributed by atoms with Crippen molar-refractivity contribution >= 4 is 5.97 Å². The van der Waals surface area contributed by atoms with Crippen molar-refractivity contribution < 1.29 is 23.8 Å². The number of halogens is 1. The largest absolute Gasteiger partial charge is 0.480 e. The second-order valence-corrected chi connectivity index (χ2v) is 12.0. The number of rotatable bonds is 10. The Bertz CT molecular complexity index is 1140. The van der Waals surface area contributed by atoms with E-state index in [-0.39, 0.29) is 17.6 Å². The Morgan fingerprint density at radius 3 is 2.87 bits per heavy atom. The molecule has 0 amide bonds. The summed E-state index contributed by atoms with van der Waals surface area (Å²) in [7, 11) is 0. The zero-order valence-corrected chi connectivity index (χ0v) is 22.8. The quantitative estimate of drug-likeness (QED) is 0.395. The standard InChI is InChI=1S/C31H41FN2O4/c1-31(2)18-28(38-20-31)25-13-11-22(32)17-26(25)29(30(35)36)34-15-14-24(19-34)37-16-6-5-8-23-12-10-21-7-3-4-9-27(21)33-23/h10-13,17,24,28-29H,3-9,14-16,18-20H2,1-2H3,(H,35,36)/t24-,28-,29+/m1/s1. The molecule has 7 heteroatoms. The third-order valence-electron chi connectivity index (χ3n) is 8.30. The lowest BCUT2D eigenvalue weighted by atomic mass is 9.86. The molecular formula is C31H41FN2O4. The molecule has 0 radical (unpaired) electrons. The molecule has 2 aliphatic heterocycles. The highest BCUT2D eigenvalue weighted by Crippen LogP contribution is 2.43. The van der Waals surface area contributed by atoms with Crippen molar-refractivity contribution in [3.8, 4) is 0 Å². The van der Waals surface area contributed by atoms with Gasteiger partial charge in [-0.1, -0.05) is 26.0 Å². The van der Waals surface area contributed by atoms with Crippen LogP contribution >= 0.6 is 0 Å². The minimum absolute atomic E-state index is 0.0115. The normalized spacial score (nSPS) is 23.9. The first-order valence-corrected chi connectivity index (χ1v) is 14.3. The second kappa shape index (κ2) is 11.8. The number of carbonyl (C=O) groups is 1. The number of carboxylic acids is 1. The number of fused-ring (bicyclic) bond motifs is 1. The Balaban J connectivity index is 1.14. The average molecular weight is 525 g/mol. The van der Waals surface area contributed by atoms with Crippen molar-refractivity contribution in [2.75, 3.05) is 26.3 Å². The molecule has 0 bridgehead atoms. The number of aromatic nitrogens is 1. The van der Waals surface area contributed by atoms with E-state index in [1.54, 1.807) is 6.07 Å². The summed E-state index contributed by atoms with van der Waals surface area (Å²) >= 11 is 0. The number of hydrogen-bond acceptors (Lipinski definition) is 5. The van der Waals surface area contributed by atoms with E-state index < -0.39 is 17.8 Å². The first-order valence-electron chi connectivity index (χ1n) is 14.3. The second-order valence-electron chi connectivity index (χ2n) is 12.0. The average Bonchev–Trinajstić information content (AvgIpc) is 3.49. The Hall–Kier alpha value is -2.35. The highest BCUT2D eigenvalue weighted by Gasteiger charge is 2.39. The van der Waals surface area contributed by atoms with Crippen molar-refractivity contribution in [1.29, 1.82) is 0 Å². The molecule has 1 aromatic heterocycles. The molecule has 3 heterocycles. The van der Waals surface area contributed by atoms with Crippen molar-refractivity contribution in [3.05, 3.63) is 64.2 Å². The van der Waals surface area contributed by atoms with Crippen LogP contribution < -0.4 is 0 Å². The SMILES string of the molecule is CC1(C)CO[C@@H](c2ccc(F)cc2[C@@H](C(=O)O)N2CC[C@@H](OCCCCc3ccc4c(n3)CCCC4)C2)C1. The van der Waals surface area contributed by atoms with Gasteiger partial charge >= 0.3 is 5.97 Å². The van der Waals surface area contributed by atoms with Crippen LogP contribution in [0.4, 0.5) is 4.39 Å². The molecule has 2 fully saturated rings. The lowest BCUT2D eigenvalue weighted by Gasteiger charge is -2.28. The molecule has 2 saturated heterocycles. The van der Waals surface area contributed by atoms with Gasteiger partial charge in [-0.05, 0) is 98.1 Å². The van der Waals surface area contributed by atoms with Gasteiger partial charge in [0.1, 0.15) is 11.9 Å². The Morgan fingerprint density at radius 1 is 1.24 bits per heavy atom. The Labute approximate surface area is 225 Å². The zero-order valence-electron chi connectivity index (χ0n) is 22.8. The van der Waals surface area contributed by atoms with Gasteiger partial charge in [-0.3, -0.25) is 14.7 Å². The summed E-state index contributed by atoms with van der Waals surface area (Å²) < 4.78 is 26.5. The summed E-state index contributed by atoms with van der Waals surface area (Å²) in [6, 6.07) is 7.99. The maximum Gasteiger partial charge on any atom is 0.325 e. The molecule has 206 valence electrons. The molecule has 3 atom stereocenters. The summed E-state index contributed by atoms with van der Waals surface area (Å²) in [6.45, 7) is 6.66. The molecule has 1 aromatic carbocycles. The predicted octanol–water partition coefficient (Wildman–Crippen LogP) is 5.83. The zero-order chi connectivity index (χ0) is 26.7. The minimum atomic E-state index is -0.965. The van der Waals surface area contributed by atoms with E-state index in [9.17, 15) is 14.3 Å². The number of ether oxygens (including phenoxy) is 2. The molecule has 1 aliphatic carbocycles. The molecule has 6 nitrogen and oxygen atoms in total. The van der Waals surface area contributed by atoms with Crippen LogP contribution in [0.1, 0.15) is 92.6 Å². The lowest BCUT2D eigenvalue weighted by Crippen LogP contribution is -2.34. The number of aliphatic carboxylic acids is 1. The third-order valence-corrected chi connectivity index (χ3v) is 8.30. The maximum atomic E-state index is 14.3. The molecule has 1 N–H and O–H groups in total. The summed E-state index contributed by atoms with van der Waals surface area (Å²) in [6.07, 6.45) is 9.01. The van der Waals surface area contributed by atoms with Crippen LogP contribution in [0, 0.1) is 11.2 Å². The third kappa shape index (κ3) is 6.44. The van der Waals surface area contributed by atoms with Crippen LogP contribution in [0.3, 0.4) is 0 Å². The van der Waals surface area contributed by atoms with Gasteiger partial charge in [-0.15, -0.1) is 0 Å². The number of benzene rings is 1. The fourth-order valence-electron chi connectivity index (χ4n) is 6.26. The molecule has 0 saturated carbocycles. The van der Waals surface area contributed by atoms with E-state index in [0.717, 1.165) is 50.5 Å². The van der Waals surface area contributed by atoms with Gasteiger partial charge in [-0.25, -0.2) is 4.39 Å². The van der Waals surface area contributed by atoms with Gasteiger partial charge in [-0.2, -0.15) is 0 Å². The number of aryl methyl sites for hydroxylation is 3. The monoisotopic (exact) mass is 524 g/mol. The van der Waals surface area contributed by atoms with E-state index in [1.165, 1.54) is 41.9 Å². The lowest BCUT2D eigenvalue weighted by molar-refractivity contribution is -0.143. The van der Waals surface area contributed by atoms with Crippen molar-refractivity contribution in [3.63, 3.8) is 0 Å². The first kappa shape index (κ1) is 27.2. The molecule has 0 unspecified atom stereocenters. The number of nitrogens with zero attached hydrogens (tertiary/aromatic N) is 2. The van der Waals surface area contributed by atoms with Gasteiger partial charge in [0.15, 0.2) is 0 Å². The van der Waals surface area contributed by atoms with Crippen molar-refractivity contribution in [2.24, 2.45) is 5.41 Å². The topological polar surface area (TPSA) is 71.9 Å². The van der Waals surface area contributed by atoms with Crippen LogP contribution in [0.15, 0.2) is 30.3 Å². The Morgan fingerprint density at radius 2 is 2.08 bits per heavy atom. The van der Waals surface area contributed by atoms with Crippen LogP contribution in [-0.4, -0.2) is 53.4 Å². The number of carboxylic acid groups (broad SMARTS) is 1. The van der Waals surface area contributed by atoms with Gasteiger partial charge in [0.25, 0.3) is 0 Å². The van der Waals surface area contributed by atoms with Gasteiger partial charge in [0, 0.05) is 31.1 Å². The fraction of sp³-hybridized carbons (Fsp3) is 0.613. The van der Waals surface area contributed by atoms with Gasteiger partial charge < -0.3 is 14.6 Å². The van der Waals surface area contributed by atoms with Crippen LogP contribution in [0.25, 0.3) is 0 Å². The van der Waals surface area contributed by atoms with E-state index >= 15 is 0 Å². The minimum Gasteiger partial charge on any atom is -0.480 e. The van der Waals surface area contributed by atoms with Gasteiger partial charge in [0.2, 0.25) is 0 Å². The molecule has 0 spiro atoms. The Kier molecular flexibility index (Phi) is 8.46. The molecule has 3 aliphatic rings. The molecule has 2 aromatic rings. The predicted molar refractivity (Wildman–Crippen MR) is 144 cm³/mol. The van der Waals surface area contributed by atoms with E-state index in [0.29, 0.717) is 31.9 Å². The van der Waals surface area contributed by atoms with E-state index in [4.69, 9.17) is 14.5 Å². The van der Waals surface area contributed by atoms with Crippen LogP contribution in [0.2, 0.25) is 0 Å². The summed E-state index contributed by atoms with van der Waals surface area (Å²) in [5.41, 5.74) is 5.16. The van der Waals surface area contributed by atoms with Crippen LogP contribution in [-0.2, 0) is 33.5 Å².